The minimum absolute atomic E-state index is 0.128. The zero-order valence-corrected chi connectivity index (χ0v) is 13.0. The van der Waals surface area contributed by atoms with E-state index in [1.807, 2.05) is 44.4 Å². The van der Waals surface area contributed by atoms with Crippen LogP contribution in [-0.2, 0) is 5.41 Å². The highest BCUT2D eigenvalue weighted by molar-refractivity contribution is 7.14. The summed E-state index contributed by atoms with van der Waals surface area (Å²) in [4.78, 5) is 12.0. The van der Waals surface area contributed by atoms with E-state index < -0.39 is 0 Å². The van der Waals surface area contributed by atoms with Gasteiger partial charge in [0.1, 0.15) is 11.1 Å². The van der Waals surface area contributed by atoms with E-state index in [9.17, 15) is 10.1 Å². The van der Waals surface area contributed by atoms with Gasteiger partial charge in [0.15, 0.2) is 0 Å². The Morgan fingerprint density at radius 2 is 1.86 bits per heavy atom. The van der Waals surface area contributed by atoms with Crippen molar-refractivity contribution in [3.05, 3.63) is 46.8 Å². The van der Waals surface area contributed by atoms with Gasteiger partial charge in [0.25, 0.3) is 0 Å². The third kappa shape index (κ3) is 3.61. The number of nitriles is 1. The first-order valence-electron chi connectivity index (χ1n) is 6.57. The highest BCUT2D eigenvalue weighted by Gasteiger charge is 2.23. The van der Waals surface area contributed by atoms with Crippen LogP contribution in [0.5, 0.6) is 0 Å². The first kappa shape index (κ1) is 15.1. The Labute approximate surface area is 128 Å². The quantitative estimate of drug-likeness (QED) is 0.853. The number of rotatable bonds is 2. The predicted molar refractivity (Wildman–Crippen MR) is 86.8 cm³/mol. The third-order valence-electron chi connectivity index (χ3n) is 2.97. The van der Waals surface area contributed by atoms with Gasteiger partial charge in [-0.2, -0.15) is 5.26 Å². The van der Waals surface area contributed by atoms with Crippen molar-refractivity contribution in [1.29, 1.82) is 5.26 Å². The van der Waals surface area contributed by atoms with Crippen molar-refractivity contribution in [1.82, 2.24) is 0 Å². The van der Waals surface area contributed by atoms with Crippen molar-refractivity contribution in [2.75, 3.05) is 10.6 Å². The lowest BCUT2D eigenvalue weighted by molar-refractivity contribution is 0.262. The van der Waals surface area contributed by atoms with E-state index in [4.69, 9.17) is 0 Å². The fourth-order valence-corrected chi connectivity index (χ4v) is 3.03. The molecule has 4 nitrogen and oxygen atoms in total. The van der Waals surface area contributed by atoms with Gasteiger partial charge in [-0.15, -0.1) is 11.3 Å². The van der Waals surface area contributed by atoms with Crippen LogP contribution in [0.4, 0.5) is 15.5 Å². The minimum atomic E-state index is -0.347. The standard InChI is InChI=1S/C16H17N3OS/c1-16(2,3)13-10-21-14(12(13)9-17)19-15(20)18-11-7-5-4-6-8-11/h4-8,10H,1-3H3,(H2,18,19,20). The van der Waals surface area contributed by atoms with E-state index in [0.717, 1.165) is 5.56 Å². The van der Waals surface area contributed by atoms with Gasteiger partial charge in [0.2, 0.25) is 0 Å². The van der Waals surface area contributed by atoms with E-state index in [1.165, 1.54) is 11.3 Å². The van der Waals surface area contributed by atoms with Crippen LogP contribution in [-0.4, -0.2) is 6.03 Å². The van der Waals surface area contributed by atoms with Crippen molar-refractivity contribution in [2.24, 2.45) is 0 Å². The van der Waals surface area contributed by atoms with Crippen LogP contribution in [0, 0.1) is 11.3 Å². The van der Waals surface area contributed by atoms with Crippen molar-refractivity contribution in [3.63, 3.8) is 0 Å². The number of carbonyl (C=O) groups is 1. The number of nitrogens with zero attached hydrogens (tertiary/aromatic N) is 1. The second-order valence-electron chi connectivity index (χ2n) is 5.66. The van der Waals surface area contributed by atoms with Gasteiger partial charge in [0.05, 0.1) is 5.56 Å². The molecule has 0 fully saturated rings. The molecule has 2 aromatic rings. The van der Waals surface area contributed by atoms with E-state index in [1.54, 1.807) is 12.1 Å². The fraction of sp³-hybridized carbons (Fsp3) is 0.250. The summed E-state index contributed by atoms with van der Waals surface area (Å²) in [6.07, 6.45) is 0. The van der Waals surface area contributed by atoms with Crippen molar-refractivity contribution >= 4 is 28.1 Å². The molecule has 2 rings (SSSR count). The number of anilines is 2. The summed E-state index contributed by atoms with van der Waals surface area (Å²) in [5.41, 5.74) is 2.07. The fourth-order valence-electron chi connectivity index (χ4n) is 1.90. The number of benzene rings is 1. The molecule has 1 aromatic carbocycles. The van der Waals surface area contributed by atoms with Crippen LogP contribution in [0.2, 0.25) is 0 Å². The molecule has 0 aliphatic carbocycles. The van der Waals surface area contributed by atoms with Gasteiger partial charge < -0.3 is 5.32 Å². The zero-order valence-electron chi connectivity index (χ0n) is 12.2. The van der Waals surface area contributed by atoms with Crippen molar-refractivity contribution in [3.8, 4) is 6.07 Å². The average molecular weight is 299 g/mol. The summed E-state index contributed by atoms with van der Waals surface area (Å²) >= 11 is 1.37. The highest BCUT2D eigenvalue weighted by atomic mass is 32.1. The third-order valence-corrected chi connectivity index (χ3v) is 3.87. The summed E-state index contributed by atoms with van der Waals surface area (Å²) in [6, 6.07) is 11.0. The van der Waals surface area contributed by atoms with E-state index >= 15 is 0 Å². The van der Waals surface area contributed by atoms with Crippen LogP contribution in [0.15, 0.2) is 35.7 Å². The molecular formula is C16H17N3OS. The molecule has 0 atom stereocenters. The zero-order chi connectivity index (χ0) is 15.5. The number of para-hydroxylation sites is 1. The molecular weight excluding hydrogens is 282 g/mol. The molecule has 0 aliphatic heterocycles. The second-order valence-corrected chi connectivity index (χ2v) is 6.54. The Kier molecular flexibility index (Phi) is 4.29. The number of amides is 2. The molecule has 1 heterocycles. The summed E-state index contributed by atoms with van der Waals surface area (Å²) in [5, 5.41) is 17.3. The van der Waals surface area contributed by atoms with Crippen molar-refractivity contribution in [2.45, 2.75) is 26.2 Å². The maximum Gasteiger partial charge on any atom is 0.324 e. The highest BCUT2D eigenvalue weighted by Crippen LogP contribution is 2.35. The molecule has 0 saturated heterocycles. The maximum atomic E-state index is 12.0. The van der Waals surface area contributed by atoms with Gasteiger partial charge >= 0.3 is 6.03 Å². The molecule has 0 bridgehead atoms. The smallest absolute Gasteiger partial charge is 0.308 e. The van der Waals surface area contributed by atoms with Crippen LogP contribution >= 0.6 is 11.3 Å². The summed E-state index contributed by atoms with van der Waals surface area (Å²) in [7, 11) is 0. The number of hydrogen-bond acceptors (Lipinski definition) is 3. The van der Waals surface area contributed by atoms with Gasteiger partial charge in [-0.05, 0) is 28.5 Å². The lowest BCUT2D eigenvalue weighted by Gasteiger charge is -2.17. The number of urea groups is 1. The van der Waals surface area contributed by atoms with Crippen molar-refractivity contribution < 1.29 is 4.79 Å². The van der Waals surface area contributed by atoms with Crippen LogP contribution < -0.4 is 10.6 Å². The number of carbonyl (C=O) groups excluding carboxylic acids is 1. The molecule has 0 spiro atoms. The largest absolute Gasteiger partial charge is 0.324 e. The Hall–Kier alpha value is -2.32. The molecule has 108 valence electrons. The molecule has 2 N–H and O–H groups in total. The number of thiophene rings is 1. The Morgan fingerprint density at radius 1 is 1.19 bits per heavy atom. The number of nitrogens with one attached hydrogen (secondary N) is 2. The van der Waals surface area contributed by atoms with E-state index in [-0.39, 0.29) is 11.4 Å². The molecule has 1 aromatic heterocycles. The van der Waals surface area contributed by atoms with Gasteiger partial charge in [-0.3, -0.25) is 5.32 Å². The average Bonchev–Trinajstić information content (AvgIpc) is 2.82. The van der Waals surface area contributed by atoms with Gasteiger partial charge in [-0.25, -0.2) is 4.79 Å². The normalized spacial score (nSPS) is 10.8. The van der Waals surface area contributed by atoms with Crippen LogP contribution in [0.3, 0.4) is 0 Å². The van der Waals surface area contributed by atoms with Crippen LogP contribution in [0.25, 0.3) is 0 Å². The summed E-state index contributed by atoms with van der Waals surface area (Å²) in [6.45, 7) is 6.14. The van der Waals surface area contributed by atoms with Gasteiger partial charge in [0, 0.05) is 5.69 Å². The number of hydrogen-bond donors (Lipinski definition) is 2. The van der Waals surface area contributed by atoms with Gasteiger partial charge in [-0.1, -0.05) is 39.0 Å². The predicted octanol–water partition coefficient (Wildman–Crippen LogP) is 4.56. The maximum absolute atomic E-state index is 12.0. The molecule has 0 saturated carbocycles. The SMILES string of the molecule is CC(C)(C)c1csc(NC(=O)Nc2ccccc2)c1C#N. The van der Waals surface area contributed by atoms with E-state index in [0.29, 0.717) is 16.3 Å². The summed E-state index contributed by atoms with van der Waals surface area (Å²) in [5.74, 6) is 0. The lowest BCUT2D eigenvalue weighted by atomic mass is 9.86. The molecule has 0 radical (unpaired) electrons. The Balaban J connectivity index is 2.15. The monoisotopic (exact) mass is 299 g/mol. The summed E-state index contributed by atoms with van der Waals surface area (Å²) < 4.78 is 0. The Bertz CT molecular complexity index is 678. The second kappa shape index (κ2) is 5.98. The topological polar surface area (TPSA) is 64.9 Å². The Morgan fingerprint density at radius 3 is 2.43 bits per heavy atom. The van der Waals surface area contributed by atoms with E-state index in [2.05, 4.69) is 16.7 Å². The van der Waals surface area contributed by atoms with Crippen LogP contribution in [0.1, 0.15) is 31.9 Å². The first-order chi connectivity index (χ1) is 9.91. The molecule has 0 unspecified atom stereocenters. The molecule has 21 heavy (non-hydrogen) atoms. The first-order valence-corrected chi connectivity index (χ1v) is 7.45. The molecule has 2 amide bonds. The minimum Gasteiger partial charge on any atom is -0.308 e. The lowest BCUT2D eigenvalue weighted by Crippen LogP contribution is -2.19. The molecule has 0 aliphatic rings. The molecule has 5 heteroatoms.